The van der Waals surface area contributed by atoms with Crippen LogP contribution in [0.3, 0.4) is 0 Å². The molecule has 4 rings (SSSR count). The number of benzene rings is 1. The van der Waals surface area contributed by atoms with E-state index in [1.54, 1.807) is 6.20 Å². The number of pyridine rings is 1. The van der Waals surface area contributed by atoms with Gasteiger partial charge in [0.15, 0.2) is 0 Å². The molecule has 0 saturated carbocycles. The quantitative estimate of drug-likeness (QED) is 0.614. The molecule has 0 spiro atoms. The number of fused-ring (bicyclic) bond motifs is 2. The molecule has 0 radical (unpaired) electrons. The molecule has 0 amide bonds. The van der Waals surface area contributed by atoms with Gasteiger partial charge in [-0.3, -0.25) is 4.98 Å². The van der Waals surface area contributed by atoms with Crippen molar-refractivity contribution in [2.75, 3.05) is 11.4 Å². The standard InChI is InChI=1S/C22H24N2O2/c1-5-24-19-12-20-15(10-16(19)14(2)13-22(24,3)4)11-17(21(25)26-20)18-8-6-7-9-23-18/h6-12,14H,5,13H2,1-4H3. The molecule has 0 N–H and O–H groups in total. The van der Waals surface area contributed by atoms with Crippen molar-refractivity contribution >= 4 is 16.7 Å². The fourth-order valence-corrected chi connectivity index (χ4v) is 4.40. The van der Waals surface area contributed by atoms with E-state index in [9.17, 15) is 4.79 Å². The lowest BCUT2D eigenvalue weighted by Crippen LogP contribution is -2.48. The van der Waals surface area contributed by atoms with Crippen LogP contribution in [0, 0.1) is 0 Å². The van der Waals surface area contributed by atoms with E-state index in [1.807, 2.05) is 30.3 Å². The number of nitrogens with zero attached hydrogens (tertiary/aromatic N) is 2. The molecular formula is C22H24N2O2. The minimum atomic E-state index is -0.345. The normalized spacial score (nSPS) is 18.8. The van der Waals surface area contributed by atoms with E-state index in [0.29, 0.717) is 22.8 Å². The van der Waals surface area contributed by atoms with E-state index < -0.39 is 0 Å². The van der Waals surface area contributed by atoms with E-state index >= 15 is 0 Å². The van der Waals surface area contributed by atoms with Crippen molar-refractivity contribution in [3.63, 3.8) is 0 Å². The minimum absolute atomic E-state index is 0.0863. The molecule has 4 heteroatoms. The minimum Gasteiger partial charge on any atom is -0.422 e. The molecule has 1 aliphatic rings. The topological polar surface area (TPSA) is 46.3 Å². The Balaban J connectivity index is 1.94. The zero-order valence-electron chi connectivity index (χ0n) is 15.7. The summed E-state index contributed by atoms with van der Waals surface area (Å²) in [6, 6.07) is 11.7. The molecule has 1 unspecified atom stereocenters. The Morgan fingerprint density at radius 2 is 2.08 bits per heavy atom. The molecule has 1 atom stereocenters. The summed E-state index contributed by atoms with van der Waals surface area (Å²) < 4.78 is 5.69. The highest BCUT2D eigenvalue weighted by molar-refractivity contribution is 5.86. The summed E-state index contributed by atoms with van der Waals surface area (Å²) in [7, 11) is 0. The number of anilines is 1. The third-order valence-electron chi connectivity index (χ3n) is 5.50. The average molecular weight is 348 g/mol. The van der Waals surface area contributed by atoms with E-state index in [1.165, 1.54) is 11.3 Å². The van der Waals surface area contributed by atoms with Crippen LogP contribution in [-0.4, -0.2) is 17.1 Å². The highest BCUT2D eigenvalue weighted by Crippen LogP contribution is 2.44. The zero-order chi connectivity index (χ0) is 18.5. The Morgan fingerprint density at radius 1 is 1.27 bits per heavy atom. The van der Waals surface area contributed by atoms with Gasteiger partial charge < -0.3 is 9.32 Å². The molecule has 0 bridgehead atoms. The highest BCUT2D eigenvalue weighted by atomic mass is 16.4. The Morgan fingerprint density at radius 3 is 2.77 bits per heavy atom. The third kappa shape index (κ3) is 2.61. The predicted octanol–water partition coefficient (Wildman–Crippen LogP) is 4.97. The van der Waals surface area contributed by atoms with Crippen molar-refractivity contribution < 1.29 is 4.42 Å². The number of rotatable bonds is 2. The van der Waals surface area contributed by atoms with Crippen LogP contribution in [0.2, 0.25) is 0 Å². The lowest BCUT2D eigenvalue weighted by atomic mass is 9.79. The van der Waals surface area contributed by atoms with Gasteiger partial charge in [0, 0.05) is 35.4 Å². The first-order valence-electron chi connectivity index (χ1n) is 9.21. The molecular weight excluding hydrogens is 324 g/mol. The molecule has 26 heavy (non-hydrogen) atoms. The molecule has 3 aromatic rings. The summed E-state index contributed by atoms with van der Waals surface area (Å²) in [6.45, 7) is 9.93. The molecule has 0 fully saturated rings. The van der Waals surface area contributed by atoms with Gasteiger partial charge in [0.05, 0.1) is 11.3 Å². The third-order valence-corrected chi connectivity index (χ3v) is 5.50. The van der Waals surface area contributed by atoms with Gasteiger partial charge >= 0.3 is 5.63 Å². The second kappa shape index (κ2) is 5.97. The summed E-state index contributed by atoms with van der Waals surface area (Å²) in [4.78, 5) is 19.2. The van der Waals surface area contributed by atoms with Crippen LogP contribution < -0.4 is 10.5 Å². The summed E-state index contributed by atoms with van der Waals surface area (Å²) in [6.07, 6.45) is 2.79. The fourth-order valence-electron chi connectivity index (χ4n) is 4.40. The number of aromatic nitrogens is 1. The first-order valence-corrected chi connectivity index (χ1v) is 9.21. The van der Waals surface area contributed by atoms with Crippen LogP contribution in [0.25, 0.3) is 22.2 Å². The maximum Gasteiger partial charge on any atom is 0.345 e. The maximum absolute atomic E-state index is 12.5. The molecule has 0 aliphatic carbocycles. The maximum atomic E-state index is 12.5. The fraction of sp³-hybridized carbons (Fsp3) is 0.364. The summed E-state index contributed by atoms with van der Waals surface area (Å²) in [5, 5.41) is 0.951. The van der Waals surface area contributed by atoms with Gasteiger partial charge in [-0.05, 0) is 62.9 Å². The SMILES string of the molecule is CCN1c2cc3oc(=O)c(-c4ccccn4)cc3cc2C(C)CC1(C)C. The second-order valence-corrected chi connectivity index (χ2v) is 7.77. The Kier molecular flexibility index (Phi) is 3.87. The summed E-state index contributed by atoms with van der Waals surface area (Å²) in [5.41, 5.74) is 4.03. The molecule has 134 valence electrons. The Labute approximate surface area is 153 Å². The molecule has 1 aromatic carbocycles. The molecule has 3 heterocycles. The lowest BCUT2D eigenvalue weighted by molar-refractivity contribution is 0.381. The Bertz CT molecular complexity index is 1020. The molecule has 4 nitrogen and oxygen atoms in total. The van der Waals surface area contributed by atoms with E-state index in [-0.39, 0.29) is 11.2 Å². The average Bonchev–Trinajstić information content (AvgIpc) is 2.60. The van der Waals surface area contributed by atoms with E-state index in [0.717, 1.165) is 18.4 Å². The Hall–Kier alpha value is -2.62. The van der Waals surface area contributed by atoms with Crippen LogP contribution in [0.4, 0.5) is 5.69 Å². The van der Waals surface area contributed by atoms with Crippen LogP contribution in [0.5, 0.6) is 0 Å². The monoisotopic (exact) mass is 348 g/mol. The largest absolute Gasteiger partial charge is 0.422 e. The first-order chi connectivity index (χ1) is 12.4. The van der Waals surface area contributed by atoms with Gasteiger partial charge in [-0.25, -0.2) is 4.79 Å². The molecule has 1 aliphatic heterocycles. The smallest absolute Gasteiger partial charge is 0.345 e. The van der Waals surface area contributed by atoms with Crippen molar-refractivity contribution in [1.82, 2.24) is 4.98 Å². The second-order valence-electron chi connectivity index (χ2n) is 7.77. The van der Waals surface area contributed by atoms with E-state index in [2.05, 4.69) is 43.6 Å². The highest BCUT2D eigenvalue weighted by Gasteiger charge is 2.35. The van der Waals surface area contributed by atoms with Crippen molar-refractivity contribution in [3.8, 4) is 11.3 Å². The summed E-state index contributed by atoms with van der Waals surface area (Å²) >= 11 is 0. The molecule has 2 aromatic heterocycles. The number of hydrogen-bond donors (Lipinski definition) is 0. The van der Waals surface area contributed by atoms with Crippen molar-refractivity contribution in [1.29, 1.82) is 0 Å². The van der Waals surface area contributed by atoms with Gasteiger partial charge in [0.2, 0.25) is 0 Å². The van der Waals surface area contributed by atoms with Gasteiger partial charge in [0.1, 0.15) is 5.58 Å². The van der Waals surface area contributed by atoms with Gasteiger partial charge in [-0.15, -0.1) is 0 Å². The van der Waals surface area contributed by atoms with Crippen LogP contribution in [0.15, 0.2) is 51.8 Å². The van der Waals surface area contributed by atoms with Crippen molar-refractivity contribution in [2.45, 2.75) is 45.6 Å². The first kappa shape index (κ1) is 16.8. The van der Waals surface area contributed by atoms with E-state index in [4.69, 9.17) is 4.42 Å². The predicted molar refractivity (Wildman–Crippen MR) is 106 cm³/mol. The summed E-state index contributed by atoms with van der Waals surface area (Å²) in [5.74, 6) is 0.456. The zero-order valence-corrected chi connectivity index (χ0v) is 15.7. The lowest BCUT2D eigenvalue weighted by Gasteiger charge is -2.47. The van der Waals surface area contributed by atoms with Gasteiger partial charge in [-0.2, -0.15) is 0 Å². The van der Waals surface area contributed by atoms with Crippen LogP contribution in [-0.2, 0) is 0 Å². The number of hydrogen-bond acceptors (Lipinski definition) is 4. The van der Waals surface area contributed by atoms with Crippen molar-refractivity contribution in [2.24, 2.45) is 0 Å². The van der Waals surface area contributed by atoms with Crippen LogP contribution >= 0.6 is 0 Å². The van der Waals surface area contributed by atoms with Crippen LogP contribution in [0.1, 0.15) is 45.6 Å². The van der Waals surface area contributed by atoms with Gasteiger partial charge in [-0.1, -0.05) is 13.0 Å². The van der Waals surface area contributed by atoms with Gasteiger partial charge in [0.25, 0.3) is 0 Å². The molecule has 0 saturated heterocycles. The van der Waals surface area contributed by atoms with Crippen molar-refractivity contribution in [3.05, 3.63) is 58.6 Å².